The molecule has 0 fully saturated rings. The molecular formula is C12H19ClN2O3S. The van der Waals surface area contributed by atoms with Gasteiger partial charge >= 0.3 is 0 Å². The molecule has 1 rings (SSSR count). The topological polar surface area (TPSA) is 69.0 Å². The number of hydrogen-bond donors (Lipinski definition) is 0. The van der Waals surface area contributed by atoms with Gasteiger partial charge < -0.3 is 4.57 Å². The fourth-order valence-corrected chi connectivity index (χ4v) is 3.48. The molecule has 0 radical (unpaired) electrons. The van der Waals surface area contributed by atoms with Crippen molar-refractivity contribution in [1.29, 1.82) is 0 Å². The molecule has 0 amide bonds. The molecule has 7 heteroatoms. The molecule has 5 nitrogen and oxygen atoms in total. The van der Waals surface area contributed by atoms with Gasteiger partial charge in [0.15, 0.2) is 0 Å². The van der Waals surface area contributed by atoms with E-state index in [4.69, 9.17) is 11.6 Å². The summed E-state index contributed by atoms with van der Waals surface area (Å²) >= 11 is 5.62. The Hall–Kier alpha value is -0.880. The van der Waals surface area contributed by atoms with E-state index in [1.54, 1.807) is 6.92 Å². The predicted octanol–water partition coefficient (Wildman–Crippen LogP) is 1.65. The van der Waals surface area contributed by atoms with Crippen LogP contribution in [0.25, 0.3) is 0 Å². The molecule has 0 aliphatic heterocycles. The van der Waals surface area contributed by atoms with E-state index in [1.807, 2.05) is 20.8 Å². The van der Waals surface area contributed by atoms with Crippen LogP contribution in [0.4, 0.5) is 0 Å². The summed E-state index contributed by atoms with van der Waals surface area (Å²) in [6, 6.07) is 0. The third kappa shape index (κ3) is 3.79. The summed E-state index contributed by atoms with van der Waals surface area (Å²) in [7, 11) is -3.71. The number of rotatable bonds is 4. The minimum absolute atomic E-state index is 0.174. The summed E-state index contributed by atoms with van der Waals surface area (Å²) in [5, 5.41) is -0.401. The number of alkyl halides is 1. The molecule has 1 aromatic rings. The Morgan fingerprint density at radius 1 is 1.42 bits per heavy atom. The van der Waals surface area contributed by atoms with E-state index in [2.05, 4.69) is 4.98 Å². The van der Waals surface area contributed by atoms with Gasteiger partial charge in [-0.1, -0.05) is 6.92 Å². The third-order valence-electron chi connectivity index (χ3n) is 2.59. The van der Waals surface area contributed by atoms with Crippen molar-refractivity contribution in [2.75, 3.05) is 11.6 Å². The lowest BCUT2D eigenvalue weighted by Gasteiger charge is -2.22. The molecular weight excluding hydrogens is 288 g/mol. The lowest BCUT2D eigenvalue weighted by molar-refractivity contribution is 0.376. The van der Waals surface area contributed by atoms with Gasteiger partial charge in [0.1, 0.15) is 0 Å². The van der Waals surface area contributed by atoms with Crippen LogP contribution in [0.1, 0.15) is 27.7 Å². The van der Waals surface area contributed by atoms with Crippen molar-refractivity contribution in [1.82, 2.24) is 9.55 Å². The highest BCUT2D eigenvalue weighted by Crippen LogP contribution is 2.13. The first-order valence-corrected chi connectivity index (χ1v) is 8.15. The second kappa shape index (κ2) is 5.63. The van der Waals surface area contributed by atoms with E-state index < -0.39 is 26.0 Å². The summed E-state index contributed by atoms with van der Waals surface area (Å²) < 4.78 is 25.7. The molecule has 0 saturated carbocycles. The smallest absolute Gasteiger partial charge is 0.288 e. The maximum Gasteiger partial charge on any atom is 0.288 e. The summed E-state index contributed by atoms with van der Waals surface area (Å²) in [6.45, 7) is 7.19. The van der Waals surface area contributed by atoms with Crippen LogP contribution in [0.5, 0.6) is 0 Å². The Kier molecular flexibility index (Phi) is 4.79. The Labute approximate surface area is 118 Å². The van der Waals surface area contributed by atoms with Gasteiger partial charge in [-0.3, -0.25) is 4.79 Å². The van der Waals surface area contributed by atoms with Gasteiger partial charge in [-0.25, -0.2) is 13.4 Å². The van der Waals surface area contributed by atoms with Crippen molar-refractivity contribution in [3.63, 3.8) is 0 Å². The van der Waals surface area contributed by atoms with E-state index in [-0.39, 0.29) is 17.6 Å². The van der Waals surface area contributed by atoms with E-state index in [0.29, 0.717) is 0 Å². The summed E-state index contributed by atoms with van der Waals surface area (Å²) in [5.74, 6) is -0.178. The van der Waals surface area contributed by atoms with E-state index in [0.717, 1.165) is 0 Å². The molecule has 1 unspecified atom stereocenters. The summed E-state index contributed by atoms with van der Waals surface area (Å²) in [5.41, 5.74) is -1.08. The van der Waals surface area contributed by atoms with E-state index in [1.165, 1.54) is 17.0 Å². The average molecular weight is 307 g/mol. The van der Waals surface area contributed by atoms with Crippen LogP contribution >= 0.6 is 11.6 Å². The van der Waals surface area contributed by atoms with Crippen molar-refractivity contribution in [3.05, 3.63) is 22.7 Å². The van der Waals surface area contributed by atoms with Crippen molar-refractivity contribution in [3.8, 4) is 0 Å². The van der Waals surface area contributed by atoms with Crippen LogP contribution < -0.4 is 5.56 Å². The van der Waals surface area contributed by atoms with Crippen molar-refractivity contribution in [2.45, 2.75) is 38.3 Å². The van der Waals surface area contributed by atoms with E-state index >= 15 is 0 Å². The highest BCUT2D eigenvalue weighted by molar-refractivity contribution is 7.91. The molecule has 1 atom stereocenters. The number of halogens is 1. The van der Waals surface area contributed by atoms with E-state index in [9.17, 15) is 13.2 Å². The molecule has 0 bridgehead atoms. The van der Waals surface area contributed by atoms with Crippen molar-refractivity contribution < 1.29 is 8.42 Å². The fourth-order valence-electron chi connectivity index (χ4n) is 1.63. The monoisotopic (exact) mass is 306 g/mol. The number of sulfone groups is 1. The van der Waals surface area contributed by atoms with Gasteiger partial charge in [-0.2, -0.15) is 0 Å². The maximum atomic E-state index is 12.2. The quantitative estimate of drug-likeness (QED) is 0.793. The predicted molar refractivity (Wildman–Crippen MR) is 75.4 cm³/mol. The lowest BCUT2D eigenvalue weighted by atomic mass is 10.1. The van der Waals surface area contributed by atoms with Gasteiger partial charge in [0.25, 0.3) is 5.56 Å². The van der Waals surface area contributed by atoms with Crippen LogP contribution in [-0.2, 0) is 15.4 Å². The first kappa shape index (κ1) is 16.2. The zero-order chi connectivity index (χ0) is 14.8. The number of nitrogens with zero attached hydrogens (tertiary/aromatic N) is 2. The molecule has 0 N–H and O–H groups in total. The average Bonchev–Trinajstić information content (AvgIpc) is 2.26. The Balaban J connectivity index is 3.34. The Morgan fingerprint density at radius 2 is 2.00 bits per heavy atom. The molecule has 1 aromatic heterocycles. The Bertz CT molecular complexity index is 602. The zero-order valence-electron chi connectivity index (χ0n) is 11.6. The van der Waals surface area contributed by atoms with Gasteiger partial charge in [0.2, 0.25) is 14.9 Å². The first-order valence-electron chi connectivity index (χ1n) is 5.96. The largest absolute Gasteiger partial charge is 0.306 e. The molecule has 0 spiro atoms. The zero-order valence-corrected chi connectivity index (χ0v) is 13.1. The van der Waals surface area contributed by atoms with Gasteiger partial charge in [0, 0.05) is 23.8 Å². The third-order valence-corrected chi connectivity index (χ3v) is 5.00. The normalized spacial score (nSPS) is 14.4. The van der Waals surface area contributed by atoms with Crippen LogP contribution in [0, 0.1) is 5.92 Å². The molecule has 0 aromatic carbocycles. The molecule has 0 aliphatic carbocycles. The number of aromatic nitrogens is 2. The van der Waals surface area contributed by atoms with Gasteiger partial charge in [-0.15, -0.1) is 11.6 Å². The standard InChI is InChI=1S/C12H19ClN2O3S/c1-9(7-13)8-19(17,18)10-11(16)15(6-5-14-10)12(2,3)4/h5-6,9H,7-8H2,1-4H3. The second-order valence-electron chi connectivity index (χ2n) is 5.62. The minimum Gasteiger partial charge on any atom is -0.306 e. The fraction of sp³-hybridized carbons (Fsp3) is 0.667. The molecule has 108 valence electrons. The highest BCUT2D eigenvalue weighted by Gasteiger charge is 2.26. The SMILES string of the molecule is CC(CCl)CS(=O)(=O)c1nccn(C(C)(C)C)c1=O. The number of hydrogen-bond acceptors (Lipinski definition) is 4. The van der Waals surface area contributed by atoms with Crippen LogP contribution in [0.2, 0.25) is 0 Å². The maximum absolute atomic E-state index is 12.2. The van der Waals surface area contributed by atoms with Crippen molar-refractivity contribution in [2.24, 2.45) is 5.92 Å². The minimum atomic E-state index is -3.71. The van der Waals surface area contributed by atoms with Crippen LogP contribution in [0.3, 0.4) is 0 Å². The molecule has 0 saturated heterocycles. The van der Waals surface area contributed by atoms with Gasteiger partial charge in [-0.05, 0) is 26.7 Å². The van der Waals surface area contributed by atoms with Gasteiger partial charge in [0.05, 0.1) is 5.75 Å². The summed E-state index contributed by atoms with van der Waals surface area (Å²) in [4.78, 5) is 16.0. The van der Waals surface area contributed by atoms with Crippen LogP contribution in [-0.4, -0.2) is 29.6 Å². The van der Waals surface area contributed by atoms with Crippen molar-refractivity contribution >= 4 is 21.4 Å². The summed E-state index contributed by atoms with van der Waals surface area (Å²) in [6.07, 6.45) is 2.83. The lowest BCUT2D eigenvalue weighted by Crippen LogP contribution is -2.37. The Morgan fingerprint density at radius 3 is 2.47 bits per heavy atom. The second-order valence-corrected chi connectivity index (χ2v) is 7.88. The highest BCUT2D eigenvalue weighted by atomic mass is 35.5. The molecule has 19 heavy (non-hydrogen) atoms. The molecule has 1 heterocycles. The van der Waals surface area contributed by atoms with Crippen LogP contribution in [0.15, 0.2) is 22.2 Å². The first-order chi connectivity index (χ1) is 8.59. The molecule has 0 aliphatic rings.